The number of benzene rings is 1. The van der Waals surface area contributed by atoms with Gasteiger partial charge in [0.05, 0.1) is 5.92 Å². The van der Waals surface area contributed by atoms with Crippen molar-refractivity contribution in [2.45, 2.75) is 18.9 Å². The Kier molecular flexibility index (Phi) is 5.71. The first kappa shape index (κ1) is 17.9. The number of carbonyl (C=O) groups is 2. The Morgan fingerprint density at radius 1 is 1.08 bits per heavy atom. The first-order chi connectivity index (χ1) is 12.0. The topological polar surface area (TPSA) is 64.1 Å². The van der Waals surface area contributed by atoms with Crippen LogP contribution in [0.15, 0.2) is 30.3 Å². The minimum atomic E-state index is -0.728. The van der Waals surface area contributed by atoms with Gasteiger partial charge in [0, 0.05) is 51.7 Å². The Bertz CT molecular complexity index is 607. The molecule has 136 valence electrons. The van der Waals surface area contributed by atoms with E-state index in [1.54, 1.807) is 0 Å². The monoisotopic (exact) mass is 345 g/mol. The lowest BCUT2D eigenvalue weighted by atomic mass is 10.1. The van der Waals surface area contributed by atoms with Crippen molar-refractivity contribution in [1.82, 2.24) is 14.7 Å². The maximum Gasteiger partial charge on any atom is 0.309 e. The van der Waals surface area contributed by atoms with Gasteiger partial charge in [0.2, 0.25) is 5.91 Å². The van der Waals surface area contributed by atoms with E-state index in [2.05, 4.69) is 21.9 Å². The van der Waals surface area contributed by atoms with Gasteiger partial charge in [0.15, 0.2) is 0 Å². The van der Waals surface area contributed by atoms with Gasteiger partial charge in [-0.1, -0.05) is 30.3 Å². The molecule has 2 unspecified atom stereocenters. The summed E-state index contributed by atoms with van der Waals surface area (Å²) >= 11 is 0. The van der Waals surface area contributed by atoms with E-state index in [0.29, 0.717) is 32.6 Å². The molecule has 2 heterocycles. The summed E-state index contributed by atoms with van der Waals surface area (Å²) in [4.78, 5) is 30.3. The van der Waals surface area contributed by atoms with Crippen LogP contribution in [-0.2, 0) is 16.0 Å². The van der Waals surface area contributed by atoms with Gasteiger partial charge in [-0.05, 0) is 19.0 Å². The molecule has 1 amide bonds. The summed E-state index contributed by atoms with van der Waals surface area (Å²) in [5, 5.41) is 9.37. The van der Waals surface area contributed by atoms with E-state index < -0.39 is 5.97 Å². The molecule has 1 N–H and O–H groups in total. The number of carboxylic acid groups (broad SMARTS) is 1. The normalized spacial score (nSPS) is 25.2. The summed E-state index contributed by atoms with van der Waals surface area (Å²) in [6, 6.07) is 10.3. The van der Waals surface area contributed by atoms with Crippen LogP contribution in [0.25, 0.3) is 0 Å². The molecule has 1 aromatic carbocycles. The molecule has 6 heteroatoms. The molecule has 25 heavy (non-hydrogen) atoms. The van der Waals surface area contributed by atoms with Crippen molar-refractivity contribution in [3.63, 3.8) is 0 Å². The number of amides is 1. The third kappa shape index (κ3) is 4.58. The molecule has 3 rings (SSSR count). The molecule has 0 radical (unpaired) electrons. The van der Waals surface area contributed by atoms with E-state index in [0.717, 1.165) is 19.5 Å². The van der Waals surface area contributed by atoms with Gasteiger partial charge in [-0.2, -0.15) is 0 Å². The van der Waals surface area contributed by atoms with Crippen molar-refractivity contribution >= 4 is 11.9 Å². The predicted octanol–water partition coefficient (Wildman–Crippen LogP) is 0.778. The number of fused-ring (bicyclic) bond motifs is 1. The highest BCUT2D eigenvalue weighted by molar-refractivity contribution is 5.76. The molecule has 0 spiro atoms. The molecule has 2 atom stereocenters. The number of hydrogen-bond acceptors (Lipinski definition) is 4. The van der Waals surface area contributed by atoms with Crippen molar-refractivity contribution in [2.75, 3.05) is 46.3 Å². The second-order valence-electron chi connectivity index (χ2n) is 7.23. The summed E-state index contributed by atoms with van der Waals surface area (Å²) in [5.41, 5.74) is 1.19. The summed E-state index contributed by atoms with van der Waals surface area (Å²) in [6.45, 7) is 4.12. The molecule has 2 fully saturated rings. The van der Waals surface area contributed by atoms with Crippen LogP contribution in [0.1, 0.15) is 12.0 Å². The van der Waals surface area contributed by atoms with Crippen molar-refractivity contribution in [2.24, 2.45) is 5.92 Å². The van der Waals surface area contributed by atoms with Crippen molar-refractivity contribution < 1.29 is 14.7 Å². The average molecular weight is 345 g/mol. The lowest BCUT2D eigenvalue weighted by Crippen LogP contribution is -2.57. The smallest absolute Gasteiger partial charge is 0.309 e. The van der Waals surface area contributed by atoms with Gasteiger partial charge >= 0.3 is 5.97 Å². The number of carboxylic acids is 1. The summed E-state index contributed by atoms with van der Waals surface area (Å²) in [5.74, 6) is -0.880. The minimum absolute atomic E-state index is 0.199. The average Bonchev–Trinajstić information content (AvgIpc) is 2.78. The maximum atomic E-state index is 12.6. The Morgan fingerprint density at radius 3 is 2.56 bits per heavy atom. The van der Waals surface area contributed by atoms with Gasteiger partial charge in [0.1, 0.15) is 0 Å². The molecule has 6 nitrogen and oxygen atoms in total. The summed E-state index contributed by atoms with van der Waals surface area (Å²) in [7, 11) is 1.97. The summed E-state index contributed by atoms with van der Waals surface area (Å²) < 4.78 is 0. The van der Waals surface area contributed by atoms with E-state index >= 15 is 0 Å². The van der Waals surface area contributed by atoms with Crippen LogP contribution in [-0.4, -0.2) is 84.0 Å². The van der Waals surface area contributed by atoms with E-state index in [-0.39, 0.29) is 17.9 Å². The van der Waals surface area contributed by atoms with Crippen LogP contribution in [0.2, 0.25) is 0 Å². The second-order valence-corrected chi connectivity index (χ2v) is 7.23. The van der Waals surface area contributed by atoms with Crippen LogP contribution in [0, 0.1) is 5.92 Å². The fourth-order valence-corrected chi connectivity index (χ4v) is 3.89. The quantitative estimate of drug-likeness (QED) is 0.874. The molecular weight excluding hydrogens is 318 g/mol. The summed E-state index contributed by atoms with van der Waals surface area (Å²) in [6.07, 6.45) is 1.30. The molecule has 2 aliphatic heterocycles. The number of aryl methyl sites for hydroxylation is 1. The van der Waals surface area contributed by atoms with Crippen LogP contribution >= 0.6 is 0 Å². The Hall–Kier alpha value is -1.92. The van der Waals surface area contributed by atoms with Crippen LogP contribution < -0.4 is 0 Å². The molecule has 0 saturated carbocycles. The van der Waals surface area contributed by atoms with E-state index in [1.165, 1.54) is 5.56 Å². The lowest BCUT2D eigenvalue weighted by Gasteiger charge is -2.41. The third-order valence-corrected chi connectivity index (χ3v) is 5.29. The Balaban J connectivity index is 1.56. The molecule has 2 saturated heterocycles. The zero-order valence-corrected chi connectivity index (χ0v) is 14.8. The van der Waals surface area contributed by atoms with E-state index in [9.17, 15) is 14.7 Å². The lowest BCUT2D eigenvalue weighted by molar-refractivity contribution is -0.143. The van der Waals surface area contributed by atoms with Crippen LogP contribution in [0.4, 0.5) is 0 Å². The largest absolute Gasteiger partial charge is 0.481 e. The van der Waals surface area contributed by atoms with Crippen molar-refractivity contribution in [3.8, 4) is 0 Å². The molecule has 0 bridgehead atoms. The molecule has 1 aromatic rings. The fourth-order valence-electron chi connectivity index (χ4n) is 3.89. The zero-order valence-electron chi connectivity index (χ0n) is 14.8. The number of likely N-dealkylation sites (N-methyl/N-ethyl adjacent to an activating group) is 1. The zero-order chi connectivity index (χ0) is 17.8. The number of carbonyl (C=O) groups excluding carboxylic acids is 1. The molecule has 0 aliphatic carbocycles. The Morgan fingerprint density at radius 2 is 1.84 bits per heavy atom. The number of hydrogen-bond donors (Lipinski definition) is 1. The van der Waals surface area contributed by atoms with Crippen LogP contribution in [0.3, 0.4) is 0 Å². The number of nitrogens with zero attached hydrogens (tertiary/aromatic N) is 3. The van der Waals surface area contributed by atoms with Crippen LogP contribution in [0.5, 0.6) is 0 Å². The second kappa shape index (κ2) is 7.97. The fraction of sp³-hybridized carbons (Fsp3) is 0.579. The first-order valence-corrected chi connectivity index (χ1v) is 9.00. The number of aliphatic carboxylic acids is 1. The molecule has 0 aromatic heterocycles. The van der Waals surface area contributed by atoms with Gasteiger partial charge < -0.3 is 14.9 Å². The molecular formula is C19H27N3O3. The minimum Gasteiger partial charge on any atom is -0.481 e. The maximum absolute atomic E-state index is 12.6. The highest BCUT2D eigenvalue weighted by atomic mass is 16.4. The number of piperazine rings is 1. The van der Waals surface area contributed by atoms with Gasteiger partial charge in [-0.25, -0.2) is 0 Å². The van der Waals surface area contributed by atoms with Gasteiger partial charge in [0.25, 0.3) is 0 Å². The standard InChI is InChI=1S/C19H27N3O3/c1-20-11-16(19(24)25)12-21-9-10-22(14-17(21)13-20)18(23)8-7-15-5-3-2-4-6-15/h2-6,16-17H,7-14H2,1H3,(H,24,25). The van der Waals surface area contributed by atoms with Gasteiger partial charge in [-0.15, -0.1) is 0 Å². The van der Waals surface area contributed by atoms with E-state index in [1.807, 2.05) is 30.1 Å². The van der Waals surface area contributed by atoms with Gasteiger partial charge in [-0.3, -0.25) is 14.5 Å². The highest BCUT2D eigenvalue weighted by Crippen LogP contribution is 2.19. The molecule has 2 aliphatic rings. The number of rotatable bonds is 4. The van der Waals surface area contributed by atoms with E-state index in [4.69, 9.17) is 0 Å². The first-order valence-electron chi connectivity index (χ1n) is 9.00. The Labute approximate surface area is 149 Å². The van der Waals surface area contributed by atoms with Crippen molar-refractivity contribution in [3.05, 3.63) is 35.9 Å². The SMILES string of the molecule is CN1CC(C(=O)O)CN2CCN(C(=O)CCc3ccccc3)CC2C1. The highest BCUT2D eigenvalue weighted by Gasteiger charge is 2.36. The third-order valence-electron chi connectivity index (χ3n) is 5.29. The predicted molar refractivity (Wildman–Crippen MR) is 95.3 cm³/mol. The van der Waals surface area contributed by atoms with Crippen molar-refractivity contribution in [1.29, 1.82) is 0 Å².